The van der Waals surface area contributed by atoms with Gasteiger partial charge in [-0.05, 0) is 24.1 Å². The number of nitrogens with one attached hydrogen (secondary N) is 2. The van der Waals surface area contributed by atoms with E-state index in [2.05, 4.69) is 27.4 Å². The molecule has 106 valence electrons. The number of benzene rings is 1. The molecule has 6 nitrogen and oxygen atoms in total. The third kappa shape index (κ3) is 4.27. The molecule has 0 saturated carbocycles. The molecule has 0 bridgehead atoms. The number of rotatable bonds is 6. The van der Waals surface area contributed by atoms with E-state index >= 15 is 0 Å². The fraction of sp³-hybridized carbons (Fsp3) is 0.308. The van der Waals surface area contributed by atoms with Gasteiger partial charge in [-0.3, -0.25) is 4.79 Å². The molecule has 20 heavy (non-hydrogen) atoms. The van der Waals surface area contributed by atoms with Crippen molar-refractivity contribution in [1.82, 2.24) is 15.2 Å². The Morgan fingerprint density at radius 3 is 2.75 bits per heavy atom. The number of aryl methyl sites for hydroxylation is 1. The van der Waals surface area contributed by atoms with Crippen molar-refractivity contribution in [3.05, 3.63) is 29.8 Å². The summed E-state index contributed by atoms with van der Waals surface area (Å²) in [6.07, 6.45) is 2.17. The summed E-state index contributed by atoms with van der Waals surface area (Å²) in [5.74, 6) is 0.398. The van der Waals surface area contributed by atoms with Crippen LogP contribution < -0.4 is 11.1 Å². The molecule has 1 aromatic carbocycles. The highest BCUT2D eigenvalue weighted by Crippen LogP contribution is 2.15. The standard InChI is InChI=1S/C13H17N5OS/c1-2-3-9-4-6-10(7-5-9)15-11(19)8-20-13-16-12(14)17-18-13/h4-7H,2-3,8H2,1H3,(H,15,19)(H3,14,16,17,18). The Labute approximate surface area is 121 Å². The molecule has 0 spiro atoms. The maximum Gasteiger partial charge on any atom is 0.234 e. The highest BCUT2D eigenvalue weighted by molar-refractivity contribution is 7.99. The average Bonchev–Trinajstić information content (AvgIpc) is 2.85. The minimum Gasteiger partial charge on any atom is -0.368 e. The van der Waals surface area contributed by atoms with E-state index in [1.54, 1.807) is 0 Å². The van der Waals surface area contributed by atoms with Crippen molar-refractivity contribution in [3.63, 3.8) is 0 Å². The number of aromatic nitrogens is 3. The summed E-state index contributed by atoms with van der Waals surface area (Å²) in [6.45, 7) is 2.14. The van der Waals surface area contributed by atoms with E-state index in [1.807, 2.05) is 24.3 Å². The smallest absolute Gasteiger partial charge is 0.234 e. The minimum absolute atomic E-state index is 0.0957. The summed E-state index contributed by atoms with van der Waals surface area (Å²) in [6, 6.07) is 7.89. The van der Waals surface area contributed by atoms with Crippen LogP contribution in [0.15, 0.2) is 29.4 Å². The Hall–Kier alpha value is -2.02. The van der Waals surface area contributed by atoms with Gasteiger partial charge in [-0.2, -0.15) is 4.98 Å². The van der Waals surface area contributed by atoms with E-state index in [1.165, 1.54) is 17.3 Å². The second-order valence-corrected chi connectivity index (χ2v) is 5.23. The van der Waals surface area contributed by atoms with Crippen molar-refractivity contribution >= 4 is 29.3 Å². The summed E-state index contributed by atoms with van der Waals surface area (Å²) < 4.78 is 0. The topological polar surface area (TPSA) is 96.7 Å². The highest BCUT2D eigenvalue weighted by atomic mass is 32.2. The van der Waals surface area contributed by atoms with Crippen molar-refractivity contribution in [1.29, 1.82) is 0 Å². The van der Waals surface area contributed by atoms with Crippen LogP contribution in [0, 0.1) is 0 Å². The van der Waals surface area contributed by atoms with Gasteiger partial charge in [0.05, 0.1) is 5.75 Å². The monoisotopic (exact) mass is 291 g/mol. The number of hydrogen-bond donors (Lipinski definition) is 3. The number of amides is 1. The molecule has 1 amide bonds. The summed E-state index contributed by atoms with van der Waals surface area (Å²) in [5, 5.41) is 9.67. The molecule has 0 atom stereocenters. The van der Waals surface area contributed by atoms with Crippen molar-refractivity contribution in [3.8, 4) is 0 Å². The quantitative estimate of drug-likeness (QED) is 0.708. The van der Waals surface area contributed by atoms with Gasteiger partial charge >= 0.3 is 0 Å². The lowest BCUT2D eigenvalue weighted by Gasteiger charge is -2.05. The van der Waals surface area contributed by atoms with Gasteiger partial charge in [0.15, 0.2) is 0 Å². The minimum atomic E-state index is -0.0957. The number of hydrogen-bond acceptors (Lipinski definition) is 5. The SMILES string of the molecule is CCCc1ccc(NC(=O)CSc2n[nH]c(N)n2)cc1. The van der Waals surface area contributed by atoms with Crippen molar-refractivity contribution in [2.75, 3.05) is 16.8 Å². The van der Waals surface area contributed by atoms with Crippen LogP contribution in [-0.4, -0.2) is 26.8 Å². The molecule has 0 unspecified atom stereocenters. The van der Waals surface area contributed by atoms with Gasteiger partial charge < -0.3 is 11.1 Å². The second-order valence-electron chi connectivity index (χ2n) is 4.29. The molecule has 0 aliphatic carbocycles. The van der Waals surface area contributed by atoms with Gasteiger partial charge in [0.25, 0.3) is 0 Å². The Balaban J connectivity index is 1.81. The lowest BCUT2D eigenvalue weighted by atomic mass is 10.1. The number of anilines is 2. The molecule has 1 aromatic heterocycles. The summed E-state index contributed by atoms with van der Waals surface area (Å²) in [4.78, 5) is 15.7. The van der Waals surface area contributed by atoms with Gasteiger partial charge in [-0.1, -0.05) is 37.2 Å². The van der Waals surface area contributed by atoms with Gasteiger partial charge in [0, 0.05) is 5.69 Å². The first-order valence-corrected chi connectivity index (χ1v) is 7.35. The number of nitrogens with two attached hydrogens (primary N) is 1. The molecule has 2 aromatic rings. The molecule has 0 aliphatic heterocycles. The fourth-order valence-corrected chi connectivity index (χ4v) is 2.30. The Kier molecular flexibility index (Phi) is 5.00. The predicted molar refractivity (Wildman–Crippen MR) is 80.6 cm³/mol. The average molecular weight is 291 g/mol. The van der Waals surface area contributed by atoms with Gasteiger partial charge in [0.1, 0.15) is 0 Å². The zero-order valence-electron chi connectivity index (χ0n) is 11.2. The van der Waals surface area contributed by atoms with E-state index in [-0.39, 0.29) is 17.6 Å². The van der Waals surface area contributed by atoms with Crippen molar-refractivity contribution in [2.24, 2.45) is 0 Å². The van der Waals surface area contributed by atoms with Crippen LogP contribution in [0.1, 0.15) is 18.9 Å². The zero-order valence-corrected chi connectivity index (χ0v) is 12.0. The molecule has 0 radical (unpaired) electrons. The lowest BCUT2D eigenvalue weighted by molar-refractivity contribution is -0.113. The van der Waals surface area contributed by atoms with Gasteiger partial charge in [-0.15, -0.1) is 5.10 Å². The first-order chi connectivity index (χ1) is 9.67. The summed E-state index contributed by atoms with van der Waals surface area (Å²) in [5.41, 5.74) is 7.47. The van der Waals surface area contributed by atoms with Gasteiger partial charge in [0.2, 0.25) is 17.0 Å². The van der Waals surface area contributed by atoms with Crippen LogP contribution in [0.25, 0.3) is 0 Å². The Morgan fingerprint density at radius 1 is 1.40 bits per heavy atom. The number of nitrogen functional groups attached to an aromatic ring is 1. The second kappa shape index (κ2) is 6.95. The number of nitrogens with zero attached hydrogens (tertiary/aromatic N) is 2. The molecule has 0 aliphatic rings. The van der Waals surface area contributed by atoms with Crippen LogP contribution in [-0.2, 0) is 11.2 Å². The first kappa shape index (κ1) is 14.4. The third-order valence-corrected chi connectivity index (χ3v) is 3.44. The molecule has 0 fully saturated rings. The maximum atomic E-state index is 11.8. The van der Waals surface area contributed by atoms with E-state index in [9.17, 15) is 4.79 Å². The molecular weight excluding hydrogens is 274 g/mol. The van der Waals surface area contributed by atoms with Crippen LogP contribution in [0.2, 0.25) is 0 Å². The van der Waals surface area contributed by atoms with Crippen LogP contribution in [0.5, 0.6) is 0 Å². The predicted octanol–water partition coefficient (Wildman–Crippen LogP) is 2.07. The van der Waals surface area contributed by atoms with E-state index in [4.69, 9.17) is 5.73 Å². The zero-order chi connectivity index (χ0) is 14.4. The third-order valence-electron chi connectivity index (χ3n) is 2.59. The van der Waals surface area contributed by atoms with Crippen LogP contribution >= 0.6 is 11.8 Å². The normalized spacial score (nSPS) is 10.4. The highest BCUT2D eigenvalue weighted by Gasteiger charge is 2.07. The van der Waals surface area contributed by atoms with E-state index in [0.717, 1.165) is 18.5 Å². The maximum absolute atomic E-state index is 11.8. The number of H-pyrrole nitrogens is 1. The molecule has 0 saturated heterocycles. The van der Waals surface area contributed by atoms with Gasteiger partial charge in [-0.25, -0.2) is 5.10 Å². The van der Waals surface area contributed by atoms with E-state index in [0.29, 0.717) is 5.16 Å². The number of carbonyl (C=O) groups excluding carboxylic acids is 1. The molecular formula is C13H17N5OS. The van der Waals surface area contributed by atoms with E-state index < -0.39 is 0 Å². The van der Waals surface area contributed by atoms with Crippen LogP contribution in [0.4, 0.5) is 11.6 Å². The van der Waals surface area contributed by atoms with Crippen molar-refractivity contribution in [2.45, 2.75) is 24.9 Å². The lowest BCUT2D eigenvalue weighted by Crippen LogP contribution is -2.14. The molecule has 1 heterocycles. The molecule has 7 heteroatoms. The molecule has 2 rings (SSSR count). The number of carbonyl (C=O) groups is 1. The van der Waals surface area contributed by atoms with Crippen LogP contribution in [0.3, 0.4) is 0 Å². The summed E-state index contributed by atoms with van der Waals surface area (Å²) in [7, 11) is 0. The number of aromatic amines is 1. The number of thioether (sulfide) groups is 1. The largest absolute Gasteiger partial charge is 0.368 e. The van der Waals surface area contributed by atoms with Crippen molar-refractivity contribution < 1.29 is 4.79 Å². The Bertz CT molecular complexity index is 566. The fourth-order valence-electron chi connectivity index (χ4n) is 1.69. The first-order valence-electron chi connectivity index (χ1n) is 6.37. The Morgan fingerprint density at radius 2 is 2.15 bits per heavy atom. The summed E-state index contributed by atoms with van der Waals surface area (Å²) >= 11 is 1.23. The molecule has 4 N–H and O–H groups in total.